The second kappa shape index (κ2) is 25.4. The van der Waals surface area contributed by atoms with Crippen molar-refractivity contribution in [2.24, 2.45) is 20.5 Å². The highest BCUT2D eigenvalue weighted by molar-refractivity contribution is 6.02. The van der Waals surface area contributed by atoms with Gasteiger partial charge in [-0.05, 0) is 73.5 Å². The van der Waals surface area contributed by atoms with Gasteiger partial charge in [0.05, 0.1) is 24.5 Å². The normalized spacial score (nSPS) is 12.1. The molecule has 0 fully saturated rings. The molecule has 2 atom stereocenters. The number of phenolic OH excluding ortho intramolecular Hbond substituents is 5. The predicted molar refractivity (Wildman–Crippen MR) is 299 cm³/mol. The summed E-state index contributed by atoms with van der Waals surface area (Å²) >= 11 is 0. The summed E-state index contributed by atoms with van der Waals surface area (Å²) < 4.78 is 5.78. The van der Waals surface area contributed by atoms with Crippen molar-refractivity contribution in [2.75, 3.05) is 10.6 Å². The van der Waals surface area contributed by atoms with E-state index in [9.17, 15) is 84.0 Å². The molecule has 0 radical (unpaired) electrons. The van der Waals surface area contributed by atoms with Crippen molar-refractivity contribution in [3.05, 3.63) is 127 Å². The number of rotatable bonds is 23. The van der Waals surface area contributed by atoms with Crippen LogP contribution in [0.4, 0.5) is 34.6 Å². The molecule has 4 aliphatic rings. The van der Waals surface area contributed by atoms with Crippen LogP contribution in [0.1, 0.15) is 57.8 Å². The standard InChI is InChI=1S/C53H42N16O20/c70-28-13-21(14-29(71)37(28)76)42-41(80)39(78)32-38(77)33(66-68-52-62-44-35(48(83)64-52)58-24(17-56-44)15-54-22-5-1-19(2-6-22)46(81)60-26(50(85)86)9-11-30(72)73)40(79)34(43(32)89-42)67-69-53-63-45-36(49(84)65-53)59-25(18-57-45)16-55-23-7-3-20(4-8-23)47(82)61-27(51(87)88)10-12-31(74)75/h1-8,13-14,17-18,26-27,54-55,70-71,76-77,79-80H,9-12,15-16H2,(H,60,81)(H,61,82)(H,72,73)(H,74,75)(H,85,86)(H,87,88)(H,56,62,64,83)(H,57,63,65,84)/b68-66+,69-67-. The Kier molecular flexibility index (Phi) is 17.3. The van der Waals surface area contributed by atoms with Gasteiger partial charge >= 0.3 is 35.0 Å². The fourth-order valence-electron chi connectivity index (χ4n) is 8.24. The number of hydrogen-bond acceptors (Lipinski definition) is 28. The van der Waals surface area contributed by atoms with Crippen LogP contribution in [0, 0.1) is 0 Å². The lowest BCUT2D eigenvalue weighted by atomic mass is 10.1. The zero-order valence-corrected chi connectivity index (χ0v) is 44.9. The molecule has 9 rings (SSSR count). The maximum atomic E-state index is 14.0. The summed E-state index contributed by atoms with van der Waals surface area (Å²) in [5, 5.41) is 126. The quantitative estimate of drug-likeness (QED) is 0.0320. The number of aromatic hydroxyl groups is 6. The maximum absolute atomic E-state index is 14.0. The molecule has 1 aromatic heterocycles. The summed E-state index contributed by atoms with van der Waals surface area (Å²) in [5.41, 5.74) is -5.75. The van der Waals surface area contributed by atoms with Gasteiger partial charge in [-0.2, -0.15) is 19.9 Å². The average Bonchev–Trinajstić information content (AvgIpc) is 0.870. The van der Waals surface area contributed by atoms with Gasteiger partial charge in [0.2, 0.25) is 11.2 Å². The first-order valence-electron chi connectivity index (χ1n) is 25.5. The van der Waals surface area contributed by atoms with Gasteiger partial charge in [0.1, 0.15) is 17.5 Å². The summed E-state index contributed by atoms with van der Waals surface area (Å²) in [5.74, 6) is -16.0. The van der Waals surface area contributed by atoms with Crippen molar-refractivity contribution in [2.45, 2.75) is 50.9 Å². The Morgan fingerprint density at radius 3 is 1.39 bits per heavy atom. The molecule has 2 amide bonds. The van der Waals surface area contributed by atoms with Gasteiger partial charge in [-0.15, -0.1) is 20.5 Å². The van der Waals surface area contributed by atoms with Crippen LogP contribution >= 0.6 is 0 Å². The fraction of sp³-hybridized carbons (Fsp3) is 0.151. The van der Waals surface area contributed by atoms with E-state index in [1.54, 1.807) is 0 Å². The maximum Gasteiger partial charge on any atom is 0.326 e. The summed E-state index contributed by atoms with van der Waals surface area (Å²) in [6.07, 6.45) is 1.05. The number of azo groups is 2. The number of aromatic nitrogens is 8. The van der Waals surface area contributed by atoms with Crippen LogP contribution in [0.3, 0.4) is 0 Å². The SMILES string of the molecule is O=C(O)CCC(NC(=O)c1ccc(NCc2c[nH]c3nc(/N=N\c4c(O)c(/N=N/c5nc6[nH]cc(CNc7ccc(C(=O)NC(CCC(=O)O)C(=O)O)cc7)nc-6c(=O)n5)c(O)c5c(=O)c(O)c(-c6cc(O)c(O)c(O)c6)oc45)nc(=O)c-3n2)cc1)C(=O)O. The van der Waals surface area contributed by atoms with E-state index in [0.717, 1.165) is 12.1 Å². The summed E-state index contributed by atoms with van der Waals surface area (Å²) in [4.78, 5) is 141. The number of aliphatic carboxylic acids is 4. The lowest BCUT2D eigenvalue weighted by Gasteiger charge is -2.14. The van der Waals surface area contributed by atoms with Gasteiger partial charge in [0, 0.05) is 53.3 Å². The van der Waals surface area contributed by atoms with Gasteiger partial charge in [-0.25, -0.2) is 19.6 Å². The number of carbonyl (C=O) groups excluding carboxylic acids is 2. The molecule has 4 aliphatic heterocycles. The number of nitrogens with one attached hydrogen (secondary N) is 6. The third-order valence-corrected chi connectivity index (χ3v) is 12.7. The molecule has 5 heterocycles. The van der Waals surface area contributed by atoms with Crippen LogP contribution in [-0.4, -0.2) is 139 Å². The lowest BCUT2D eigenvalue weighted by molar-refractivity contribution is -0.142. The van der Waals surface area contributed by atoms with Crippen LogP contribution in [0.25, 0.3) is 45.3 Å². The fourth-order valence-corrected chi connectivity index (χ4v) is 8.24. The van der Waals surface area contributed by atoms with Crippen molar-refractivity contribution in [1.82, 2.24) is 50.5 Å². The summed E-state index contributed by atoms with van der Waals surface area (Å²) in [6.45, 7) is -0.0432. The van der Waals surface area contributed by atoms with Crippen LogP contribution in [0.2, 0.25) is 0 Å². The minimum atomic E-state index is -1.45. The number of phenols is 5. The third kappa shape index (κ3) is 13.6. The van der Waals surface area contributed by atoms with Gasteiger partial charge in [-0.1, -0.05) is 0 Å². The molecular weight excluding hydrogens is 1180 g/mol. The molecule has 2 unspecified atom stereocenters. The molecule has 0 spiro atoms. The highest BCUT2D eigenvalue weighted by atomic mass is 16.4. The molecule has 4 aromatic carbocycles. The number of amides is 2. The number of carboxylic acid groups (broad SMARTS) is 4. The first kappa shape index (κ1) is 60.5. The number of nitrogens with zero attached hydrogens (tertiary/aromatic N) is 10. The zero-order chi connectivity index (χ0) is 64.0. The predicted octanol–water partition coefficient (Wildman–Crippen LogP) is 3.80. The van der Waals surface area contributed by atoms with Gasteiger partial charge in [-0.3, -0.25) is 33.6 Å². The summed E-state index contributed by atoms with van der Waals surface area (Å²) in [6, 6.07) is 10.1. The van der Waals surface area contributed by atoms with E-state index in [1.165, 1.54) is 60.9 Å². The number of fused-ring (bicyclic) bond motifs is 3. The van der Waals surface area contributed by atoms with Gasteiger partial charge in [0.25, 0.3) is 23.7 Å². The smallest absolute Gasteiger partial charge is 0.326 e. The van der Waals surface area contributed by atoms with E-state index in [0.29, 0.717) is 11.4 Å². The highest BCUT2D eigenvalue weighted by Gasteiger charge is 2.30. The van der Waals surface area contributed by atoms with Gasteiger partial charge in [0.15, 0.2) is 74.5 Å². The molecule has 36 heteroatoms. The van der Waals surface area contributed by atoms with Crippen molar-refractivity contribution in [3.63, 3.8) is 0 Å². The first-order chi connectivity index (χ1) is 42.4. The minimum Gasteiger partial charge on any atom is -0.505 e. The number of anilines is 2. The molecule has 89 heavy (non-hydrogen) atoms. The van der Waals surface area contributed by atoms with E-state index < -0.39 is 157 Å². The van der Waals surface area contributed by atoms with E-state index in [4.69, 9.17) is 14.6 Å². The second-order valence-electron chi connectivity index (χ2n) is 18.8. The van der Waals surface area contributed by atoms with E-state index in [1.807, 2.05) is 0 Å². The second-order valence-corrected chi connectivity index (χ2v) is 18.8. The van der Waals surface area contributed by atoms with E-state index in [2.05, 4.69) is 81.6 Å². The Bertz CT molecular complexity index is 4490. The Morgan fingerprint density at radius 1 is 0.528 bits per heavy atom. The van der Waals surface area contributed by atoms with Crippen LogP contribution in [0.5, 0.6) is 34.5 Å². The van der Waals surface area contributed by atoms with Crippen molar-refractivity contribution < 1.29 is 84.2 Å². The largest absolute Gasteiger partial charge is 0.505 e. The number of H-pyrrole nitrogens is 2. The number of hydrogen-bond donors (Lipinski definition) is 16. The van der Waals surface area contributed by atoms with Crippen molar-refractivity contribution >= 4 is 81.3 Å². The molecule has 454 valence electrons. The molecule has 36 nitrogen and oxygen atoms in total. The number of carbonyl (C=O) groups is 6. The minimum absolute atomic E-state index is 0.0185. The third-order valence-electron chi connectivity index (χ3n) is 12.7. The number of carboxylic acids is 4. The van der Waals surface area contributed by atoms with Crippen molar-refractivity contribution in [3.8, 4) is 68.9 Å². The molecule has 5 aromatic rings. The molecule has 16 N–H and O–H groups in total. The van der Waals surface area contributed by atoms with E-state index in [-0.39, 0.29) is 71.5 Å². The summed E-state index contributed by atoms with van der Waals surface area (Å²) in [7, 11) is 0. The average molecular weight is 1220 g/mol. The van der Waals surface area contributed by atoms with Gasteiger partial charge < -0.3 is 86.7 Å². The van der Waals surface area contributed by atoms with Crippen molar-refractivity contribution in [1.29, 1.82) is 0 Å². The topological polar surface area (TPSA) is 576 Å². The first-order valence-corrected chi connectivity index (χ1v) is 25.5. The Hall–Kier alpha value is -13.1. The molecule has 0 bridgehead atoms. The zero-order valence-electron chi connectivity index (χ0n) is 44.9. The Labute approximate surface area is 492 Å². The monoisotopic (exact) mass is 1220 g/mol. The number of aromatic amines is 2. The molecule has 0 saturated carbocycles. The molecule has 0 aliphatic carbocycles. The highest BCUT2D eigenvalue weighted by Crippen LogP contribution is 2.52. The van der Waals surface area contributed by atoms with E-state index >= 15 is 0 Å². The van der Waals surface area contributed by atoms with Crippen LogP contribution < -0.4 is 37.8 Å². The lowest BCUT2D eigenvalue weighted by Crippen LogP contribution is -2.41. The van der Waals surface area contributed by atoms with Crippen LogP contribution in [0.15, 0.2) is 112 Å². The van der Waals surface area contributed by atoms with Crippen LogP contribution in [-0.2, 0) is 32.3 Å². The molecule has 0 saturated heterocycles. The molecular formula is C53H42N16O20. The number of benzene rings is 4. The Balaban J connectivity index is 0.965. The Morgan fingerprint density at radius 2 is 0.966 bits per heavy atom.